The summed E-state index contributed by atoms with van der Waals surface area (Å²) in [7, 11) is 0. The summed E-state index contributed by atoms with van der Waals surface area (Å²) >= 11 is 0. The smallest absolute Gasteiger partial charge is 0.122 e. The lowest BCUT2D eigenvalue weighted by Crippen LogP contribution is -2.26. The van der Waals surface area contributed by atoms with Gasteiger partial charge in [0.05, 0.1) is 19.0 Å². The highest BCUT2D eigenvalue weighted by molar-refractivity contribution is 5.34. The molecule has 0 heterocycles. The largest absolute Gasteiger partial charge is 0.287 e. The first-order valence-corrected chi connectivity index (χ1v) is 7.69. The van der Waals surface area contributed by atoms with Crippen molar-refractivity contribution in [3.8, 4) is 6.07 Å². The molecule has 2 heteroatoms. The average molecular weight is 317 g/mol. The van der Waals surface area contributed by atoms with Gasteiger partial charge in [-0.25, -0.2) is 0 Å². The molecule has 24 heavy (non-hydrogen) atoms. The third kappa shape index (κ3) is 3.71. The molecule has 0 bridgehead atoms. The molecule has 0 unspecified atom stereocenters. The van der Waals surface area contributed by atoms with Crippen molar-refractivity contribution in [2.24, 2.45) is 0 Å². The quantitative estimate of drug-likeness (QED) is 0.723. The normalized spacial score (nSPS) is 15.9. The number of nitrogens with zero attached hydrogens (tertiary/aromatic N) is 1. The maximum atomic E-state index is 9.77. The maximum Gasteiger partial charge on any atom is 0.122 e. The second-order valence-corrected chi connectivity index (χ2v) is 5.52. The molecule has 0 saturated carbocycles. The summed E-state index contributed by atoms with van der Waals surface area (Å²) in [5.74, 6) is 0. The van der Waals surface area contributed by atoms with Crippen molar-refractivity contribution in [3.63, 3.8) is 0 Å². The molecule has 0 aliphatic carbocycles. The lowest BCUT2D eigenvalue weighted by molar-refractivity contribution is 0.559. The third-order valence-electron chi connectivity index (χ3n) is 3.81. The lowest BCUT2D eigenvalue weighted by atomic mass is 9.96. The highest BCUT2D eigenvalue weighted by Crippen LogP contribution is 2.26. The van der Waals surface area contributed by atoms with Gasteiger partial charge >= 0.3 is 0 Å². The van der Waals surface area contributed by atoms with Crippen LogP contribution in [-0.2, 0) is 0 Å². The van der Waals surface area contributed by atoms with Gasteiger partial charge in [-0.05, 0) is 23.6 Å². The van der Waals surface area contributed by atoms with Crippen molar-refractivity contribution < 1.29 is 6.85 Å². The molecular formula is C22H20N2. The van der Waals surface area contributed by atoms with E-state index in [-0.39, 0.29) is 17.6 Å². The fourth-order valence-electron chi connectivity index (χ4n) is 2.53. The second kappa shape index (κ2) is 7.59. The van der Waals surface area contributed by atoms with E-state index in [4.69, 9.17) is 6.85 Å². The predicted octanol–water partition coefficient (Wildman–Crippen LogP) is 4.94. The maximum absolute atomic E-state index is 9.77. The molecule has 2 atom stereocenters. The Morgan fingerprint density at radius 2 is 1.54 bits per heavy atom. The Hall–Kier alpha value is -2.89. The number of rotatable bonds is 5. The van der Waals surface area contributed by atoms with Crippen LogP contribution in [0.25, 0.3) is 0 Å². The zero-order chi connectivity index (χ0) is 21.1. The third-order valence-corrected chi connectivity index (χ3v) is 3.81. The first-order valence-electron chi connectivity index (χ1n) is 10.2. The van der Waals surface area contributed by atoms with Gasteiger partial charge in [0, 0.05) is 0 Å². The van der Waals surface area contributed by atoms with E-state index >= 15 is 0 Å². The Kier molecular flexibility index (Phi) is 3.42. The molecule has 0 aromatic heterocycles. The van der Waals surface area contributed by atoms with Crippen LogP contribution in [0.15, 0.2) is 84.8 Å². The van der Waals surface area contributed by atoms with Crippen LogP contribution in [0.3, 0.4) is 0 Å². The summed E-state index contributed by atoms with van der Waals surface area (Å²) in [6.45, 7) is 1.96. The van der Waals surface area contributed by atoms with Gasteiger partial charge in [0.25, 0.3) is 0 Å². The number of nitriles is 1. The van der Waals surface area contributed by atoms with Crippen molar-refractivity contribution >= 4 is 0 Å². The first-order chi connectivity index (χ1) is 13.8. The zero-order valence-corrected chi connectivity index (χ0v) is 13.3. The fourth-order valence-corrected chi connectivity index (χ4v) is 2.53. The Morgan fingerprint density at radius 1 is 0.875 bits per heavy atom. The summed E-state index contributed by atoms with van der Waals surface area (Å²) in [4.78, 5) is 0. The molecular weight excluding hydrogens is 292 g/mol. The second-order valence-electron chi connectivity index (χ2n) is 5.52. The van der Waals surface area contributed by atoms with Gasteiger partial charge in [-0.1, -0.05) is 90.4 Å². The van der Waals surface area contributed by atoms with E-state index in [0.29, 0.717) is 5.56 Å². The number of hydrogen-bond donors (Lipinski definition) is 1. The minimum atomic E-state index is -0.754. The van der Waals surface area contributed by atoms with Crippen molar-refractivity contribution in [2.75, 3.05) is 0 Å². The van der Waals surface area contributed by atoms with Crippen LogP contribution in [0, 0.1) is 18.3 Å². The van der Waals surface area contributed by atoms with Crippen molar-refractivity contribution in [3.05, 3.63) is 107 Å². The van der Waals surface area contributed by atoms with E-state index < -0.39 is 30.2 Å². The van der Waals surface area contributed by atoms with Gasteiger partial charge in [-0.2, -0.15) is 5.26 Å². The van der Waals surface area contributed by atoms with Gasteiger partial charge in [-0.15, -0.1) is 0 Å². The summed E-state index contributed by atoms with van der Waals surface area (Å²) in [6.07, 6.45) is 0. The minimum absolute atomic E-state index is 0.120. The lowest BCUT2D eigenvalue weighted by Gasteiger charge is -2.23. The van der Waals surface area contributed by atoms with E-state index in [2.05, 4.69) is 11.4 Å². The molecule has 118 valence electrons. The molecule has 0 fully saturated rings. The van der Waals surface area contributed by atoms with E-state index in [1.807, 2.05) is 61.5 Å². The molecule has 3 aromatic rings. The zero-order valence-electron chi connectivity index (χ0n) is 18.3. The Balaban J connectivity index is 2.15. The molecule has 0 saturated heterocycles. The van der Waals surface area contributed by atoms with Crippen LogP contribution in [0.5, 0.6) is 0 Å². The van der Waals surface area contributed by atoms with Gasteiger partial charge in [-0.3, -0.25) is 5.32 Å². The van der Waals surface area contributed by atoms with Crippen molar-refractivity contribution in [1.29, 1.82) is 5.26 Å². The fraction of sp³-hybridized carbons (Fsp3) is 0.136. The Labute approximate surface area is 150 Å². The topological polar surface area (TPSA) is 35.8 Å². The first kappa shape index (κ1) is 10.8. The minimum Gasteiger partial charge on any atom is -0.287 e. The molecule has 0 amide bonds. The molecule has 0 aliphatic rings. The van der Waals surface area contributed by atoms with E-state index in [9.17, 15) is 5.26 Å². The highest BCUT2D eigenvalue weighted by atomic mass is 15.0. The van der Waals surface area contributed by atoms with Crippen LogP contribution in [0.2, 0.25) is 0 Å². The summed E-state index contributed by atoms with van der Waals surface area (Å²) in [5.41, 5.74) is 2.63. The number of benzene rings is 3. The molecule has 0 radical (unpaired) electrons. The van der Waals surface area contributed by atoms with Gasteiger partial charge in [0.1, 0.15) is 6.04 Å². The molecule has 1 N–H and O–H groups in total. The van der Waals surface area contributed by atoms with Crippen LogP contribution >= 0.6 is 0 Å². The molecule has 0 aliphatic heterocycles. The number of nitrogens with one attached hydrogen (secondary N) is 1. The number of hydrogen-bond acceptors (Lipinski definition) is 2. The van der Waals surface area contributed by atoms with E-state index in [1.165, 1.54) is 0 Å². The molecule has 0 spiro atoms. The number of aryl methyl sites for hydroxylation is 1. The summed E-state index contributed by atoms with van der Waals surface area (Å²) in [5, 5.41) is 13.0. The van der Waals surface area contributed by atoms with Gasteiger partial charge in [0.15, 0.2) is 0 Å². The van der Waals surface area contributed by atoms with Crippen LogP contribution < -0.4 is 5.32 Å². The van der Waals surface area contributed by atoms with Crippen molar-refractivity contribution in [2.45, 2.75) is 19.0 Å². The predicted molar refractivity (Wildman–Crippen MR) is 97.4 cm³/mol. The standard InChI is InChI=1S/C22H20N2/c1-17-12-14-18(15-13-17)21(16-23)24-22(19-8-4-2-5-9-19)20-10-6-3-7-11-20/h2-15,21-22,24H,1H3/t21-/m0/s1/i2D,4D,5D,8D,9D/t21-,22-. The van der Waals surface area contributed by atoms with E-state index in [0.717, 1.165) is 11.1 Å². The molecule has 3 rings (SSSR count). The SMILES string of the molecule is [2H]c1c([2H])c([2H])c([C@H](N[C@@H](C#N)c2ccc(C)cc2)c2ccccc2)c([2H])c1[2H]. The summed E-state index contributed by atoms with van der Waals surface area (Å²) in [6, 6.07) is 15.5. The van der Waals surface area contributed by atoms with Crippen LogP contribution in [0.4, 0.5) is 0 Å². The summed E-state index contributed by atoms with van der Waals surface area (Å²) < 4.78 is 40.6. The Bertz CT molecular complexity index is 1030. The average Bonchev–Trinajstić information content (AvgIpc) is 2.74. The highest BCUT2D eigenvalue weighted by Gasteiger charge is 2.19. The van der Waals surface area contributed by atoms with Crippen LogP contribution in [-0.4, -0.2) is 0 Å². The molecule has 2 nitrogen and oxygen atoms in total. The Morgan fingerprint density at radius 3 is 2.17 bits per heavy atom. The monoisotopic (exact) mass is 317 g/mol. The van der Waals surface area contributed by atoms with Gasteiger partial charge in [0.2, 0.25) is 0 Å². The van der Waals surface area contributed by atoms with E-state index in [1.54, 1.807) is 0 Å². The van der Waals surface area contributed by atoms with Crippen LogP contribution in [0.1, 0.15) is 41.2 Å². The van der Waals surface area contributed by atoms with Crippen molar-refractivity contribution in [1.82, 2.24) is 5.32 Å². The van der Waals surface area contributed by atoms with Gasteiger partial charge < -0.3 is 0 Å². The molecule has 3 aromatic carbocycles.